The smallest absolute Gasteiger partial charge is 0.330 e. The van der Waals surface area contributed by atoms with Gasteiger partial charge in [0, 0.05) is 30.9 Å². The van der Waals surface area contributed by atoms with Crippen LogP contribution in [-0.2, 0) is 9.53 Å². The maximum absolute atomic E-state index is 12.1. The van der Waals surface area contributed by atoms with Crippen LogP contribution in [0.25, 0.3) is 0 Å². The highest BCUT2D eigenvalue weighted by atomic mass is 16.5. The molecule has 114 valence electrons. The molecule has 0 aromatic heterocycles. The first-order valence-corrected chi connectivity index (χ1v) is 7.09. The van der Waals surface area contributed by atoms with Crippen LogP contribution in [0.4, 0.5) is 5.69 Å². The van der Waals surface area contributed by atoms with Gasteiger partial charge in [0.1, 0.15) is 6.04 Å². The number of carbonyl (C=O) groups excluding carboxylic acids is 2. The van der Waals surface area contributed by atoms with E-state index < -0.39 is 5.91 Å². The lowest BCUT2D eigenvalue weighted by Gasteiger charge is -2.36. The molecule has 0 saturated carbocycles. The maximum Gasteiger partial charge on any atom is 0.330 e. The highest BCUT2D eigenvalue weighted by Gasteiger charge is 2.30. The fourth-order valence-corrected chi connectivity index (χ4v) is 2.57. The molecule has 0 radical (unpaired) electrons. The Labute approximate surface area is 124 Å². The summed E-state index contributed by atoms with van der Waals surface area (Å²) in [5.74, 6) is -0.678. The topological polar surface area (TPSA) is 84.7 Å². The molecule has 6 heteroatoms. The highest BCUT2D eigenvalue weighted by molar-refractivity contribution is 5.94. The van der Waals surface area contributed by atoms with Crippen molar-refractivity contribution in [2.45, 2.75) is 19.9 Å². The summed E-state index contributed by atoms with van der Waals surface area (Å²) in [6.07, 6.45) is 0. The number of nitrogens with two attached hydrogens (primary N) is 1. The molecule has 1 saturated heterocycles. The zero-order valence-electron chi connectivity index (χ0n) is 12.4. The van der Waals surface area contributed by atoms with Gasteiger partial charge in [0.15, 0.2) is 0 Å². The van der Waals surface area contributed by atoms with Gasteiger partial charge in [-0.05, 0) is 37.6 Å². The van der Waals surface area contributed by atoms with Crippen LogP contribution in [0.5, 0.6) is 0 Å². The van der Waals surface area contributed by atoms with Crippen LogP contribution in [0.3, 0.4) is 0 Å². The van der Waals surface area contributed by atoms with E-state index in [1.54, 1.807) is 13.0 Å². The van der Waals surface area contributed by atoms with Crippen LogP contribution in [-0.4, -0.2) is 44.2 Å². The summed E-state index contributed by atoms with van der Waals surface area (Å²) >= 11 is 0. The number of piperazine rings is 1. The Hall–Kier alpha value is -2.08. The highest BCUT2D eigenvalue weighted by Crippen LogP contribution is 2.22. The number of amides is 1. The lowest BCUT2D eigenvalue weighted by Crippen LogP contribution is -2.55. The first-order chi connectivity index (χ1) is 10.0. The number of carbonyl (C=O) groups is 2. The van der Waals surface area contributed by atoms with E-state index in [-0.39, 0.29) is 12.0 Å². The Bertz CT molecular complexity index is 545. The second-order valence-electron chi connectivity index (χ2n) is 5.03. The van der Waals surface area contributed by atoms with Crippen LogP contribution in [0.1, 0.15) is 22.8 Å². The number of nitrogens with one attached hydrogen (secondary N) is 1. The molecule has 0 aliphatic carbocycles. The summed E-state index contributed by atoms with van der Waals surface area (Å²) in [6.45, 7) is 6.05. The van der Waals surface area contributed by atoms with E-state index in [1.807, 2.05) is 24.0 Å². The maximum atomic E-state index is 12.1. The molecule has 1 atom stereocenters. The molecule has 0 spiro atoms. The second-order valence-corrected chi connectivity index (χ2v) is 5.03. The summed E-state index contributed by atoms with van der Waals surface area (Å²) in [5, 5.41) is 3.20. The van der Waals surface area contributed by atoms with E-state index in [0.29, 0.717) is 25.3 Å². The van der Waals surface area contributed by atoms with Gasteiger partial charge >= 0.3 is 5.97 Å². The van der Waals surface area contributed by atoms with Crippen molar-refractivity contribution in [3.05, 3.63) is 29.3 Å². The minimum absolute atomic E-state index is 0.235. The van der Waals surface area contributed by atoms with Crippen molar-refractivity contribution >= 4 is 17.6 Å². The van der Waals surface area contributed by atoms with Crippen molar-refractivity contribution in [1.82, 2.24) is 5.32 Å². The predicted octanol–water partition coefficient (Wildman–Crippen LogP) is 0.435. The lowest BCUT2D eigenvalue weighted by atomic mass is 10.1. The van der Waals surface area contributed by atoms with Gasteiger partial charge in [0.2, 0.25) is 5.91 Å². The number of aryl methyl sites for hydroxylation is 1. The largest absolute Gasteiger partial charge is 0.464 e. The number of rotatable bonds is 4. The third kappa shape index (κ3) is 3.33. The van der Waals surface area contributed by atoms with E-state index >= 15 is 0 Å². The van der Waals surface area contributed by atoms with E-state index in [4.69, 9.17) is 10.5 Å². The van der Waals surface area contributed by atoms with Crippen molar-refractivity contribution in [3.63, 3.8) is 0 Å². The second kappa shape index (κ2) is 6.58. The number of nitrogens with zero attached hydrogens (tertiary/aromatic N) is 1. The van der Waals surface area contributed by atoms with Gasteiger partial charge in [-0.3, -0.25) is 4.79 Å². The molecule has 1 aliphatic rings. The van der Waals surface area contributed by atoms with Gasteiger partial charge in [-0.25, -0.2) is 4.79 Å². The SMILES string of the molecule is CCOC(=O)C1CNCCN1c1ccc(C(N)=O)c(C)c1. The standard InChI is InChI=1S/C15H21N3O3/c1-3-21-15(20)13-9-17-6-7-18(13)11-4-5-12(14(16)19)10(2)8-11/h4-5,8,13,17H,3,6-7,9H2,1-2H3,(H2,16,19). The first-order valence-electron chi connectivity index (χ1n) is 7.09. The Morgan fingerprint density at radius 3 is 2.86 bits per heavy atom. The van der Waals surface area contributed by atoms with Crippen LogP contribution in [0.15, 0.2) is 18.2 Å². The average molecular weight is 291 g/mol. The number of esters is 1. The third-order valence-corrected chi connectivity index (χ3v) is 3.61. The molecule has 1 heterocycles. The Morgan fingerprint density at radius 1 is 1.48 bits per heavy atom. The molecule has 1 aromatic rings. The molecule has 1 aliphatic heterocycles. The number of hydrogen-bond acceptors (Lipinski definition) is 5. The average Bonchev–Trinajstić information content (AvgIpc) is 2.47. The van der Waals surface area contributed by atoms with Crippen LogP contribution in [0, 0.1) is 6.92 Å². The predicted molar refractivity (Wildman–Crippen MR) is 80.3 cm³/mol. The van der Waals surface area contributed by atoms with Crippen molar-refractivity contribution < 1.29 is 14.3 Å². The first kappa shape index (κ1) is 15.3. The molecule has 2 rings (SSSR count). The van der Waals surface area contributed by atoms with Crippen molar-refractivity contribution in [2.75, 3.05) is 31.1 Å². The Balaban J connectivity index is 2.27. The molecule has 1 amide bonds. The van der Waals surface area contributed by atoms with Gasteiger partial charge in [0.05, 0.1) is 6.61 Å². The van der Waals surface area contributed by atoms with Crippen LogP contribution >= 0.6 is 0 Å². The van der Waals surface area contributed by atoms with E-state index in [2.05, 4.69) is 5.32 Å². The normalized spacial score (nSPS) is 18.4. The number of hydrogen-bond donors (Lipinski definition) is 2. The number of primary amides is 1. The van der Waals surface area contributed by atoms with Crippen LogP contribution < -0.4 is 16.0 Å². The molecule has 6 nitrogen and oxygen atoms in total. The van der Waals surface area contributed by atoms with Crippen LogP contribution in [0.2, 0.25) is 0 Å². The molecule has 1 unspecified atom stereocenters. The van der Waals surface area contributed by atoms with E-state index in [0.717, 1.165) is 17.8 Å². The fraction of sp³-hybridized carbons (Fsp3) is 0.467. The Kier molecular flexibility index (Phi) is 4.80. The Morgan fingerprint density at radius 2 is 2.24 bits per heavy atom. The number of ether oxygens (including phenoxy) is 1. The number of anilines is 1. The molecular weight excluding hydrogens is 270 g/mol. The molecule has 0 bridgehead atoms. The minimum Gasteiger partial charge on any atom is -0.464 e. The minimum atomic E-state index is -0.443. The summed E-state index contributed by atoms with van der Waals surface area (Å²) in [5.41, 5.74) is 7.53. The zero-order chi connectivity index (χ0) is 15.4. The molecule has 3 N–H and O–H groups in total. The summed E-state index contributed by atoms with van der Waals surface area (Å²) in [4.78, 5) is 25.4. The number of benzene rings is 1. The van der Waals surface area contributed by atoms with Crippen molar-refractivity contribution in [1.29, 1.82) is 0 Å². The third-order valence-electron chi connectivity index (χ3n) is 3.61. The fourth-order valence-electron chi connectivity index (χ4n) is 2.57. The summed E-state index contributed by atoms with van der Waals surface area (Å²) in [7, 11) is 0. The monoisotopic (exact) mass is 291 g/mol. The molecule has 21 heavy (non-hydrogen) atoms. The van der Waals surface area contributed by atoms with E-state index in [9.17, 15) is 9.59 Å². The molecule has 1 fully saturated rings. The lowest BCUT2D eigenvalue weighted by molar-refractivity contribution is -0.144. The zero-order valence-corrected chi connectivity index (χ0v) is 12.4. The van der Waals surface area contributed by atoms with Crippen molar-refractivity contribution in [3.8, 4) is 0 Å². The van der Waals surface area contributed by atoms with E-state index in [1.165, 1.54) is 0 Å². The van der Waals surface area contributed by atoms with Gasteiger partial charge < -0.3 is 20.7 Å². The molecular formula is C15H21N3O3. The molecule has 1 aromatic carbocycles. The summed E-state index contributed by atoms with van der Waals surface area (Å²) in [6, 6.07) is 5.07. The van der Waals surface area contributed by atoms with Gasteiger partial charge in [-0.2, -0.15) is 0 Å². The van der Waals surface area contributed by atoms with Gasteiger partial charge in [0.25, 0.3) is 0 Å². The van der Waals surface area contributed by atoms with Gasteiger partial charge in [-0.1, -0.05) is 0 Å². The van der Waals surface area contributed by atoms with Crippen molar-refractivity contribution in [2.24, 2.45) is 5.73 Å². The quantitative estimate of drug-likeness (QED) is 0.786. The summed E-state index contributed by atoms with van der Waals surface area (Å²) < 4.78 is 5.13. The van der Waals surface area contributed by atoms with Gasteiger partial charge in [-0.15, -0.1) is 0 Å².